The molecule has 1 aliphatic rings. The highest BCUT2D eigenvalue weighted by Gasteiger charge is 2.28. The molecule has 0 bridgehead atoms. The van der Waals surface area contributed by atoms with Crippen molar-refractivity contribution >= 4 is 0 Å². The normalized spacial score (nSPS) is 24.9. The molecule has 1 aromatic rings. The van der Waals surface area contributed by atoms with Gasteiger partial charge < -0.3 is 10.1 Å². The number of ether oxygens (including phenoxy) is 1. The number of nitrogens with zero attached hydrogens (tertiary/aromatic N) is 1. The first-order chi connectivity index (χ1) is 7.68. The molecule has 16 heavy (non-hydrogen) atoms. The van der Waals surface area contributed by atoms with Crippen molar-refractivity contribution < 1.29 is 4.74 Å². The fourth-order valence-electron chi connectivity index (χ4n) is 2.16. The lowest BCUT2D eigenvalue weighted by Crippen LogP contribution is -2.36. The van der Waals surface area contributed by atoms with Crippen LogP contribution < -0.4 is 5.32 Å². The van der Waals surface area contributed by atoms with Crippen LogP contribution in [0.4, 0.5) is 0 Å². The van der Waals surface area contributed by atoms with Crippen molar-refractivity contribution in [1.82, 2.24) is 10.3 Å². The first-order valence-corrected chi connectivity index (χ1v) is 5.93. The standard InChI is InChI=1S/C13H20N2O/c1-11-6-12(8-14-7-11)9-15-10-13(2)4-3-5-16-13/h6-8,15H,3-5,9-10H2,1-2H3. The van der Waals surface area contributed by atoms with Gasteiger partial charge in [0.1, 0.15) is 0 Å². The van der Waals surface area contributed by atoms with Crippen LogP contribution in [-0.2, 0) is 11.3 Å². The average molecular weight is 220 g/mol. The van der Waals surface area contributed by atoms with Gasteiger partial charge in [0.2, 0.25) is 0 Å². The van der Waals surface area contributed by atoms with Crippen LogP contribution in [-0.4, -0.2) is 23.7 Å². The van der Waals surface area contributed by atoms with Gasteiger partial charge in [-0.2, -0.15) is 0 Å². The van der Waals surface area contributed by atoms with Gasteiger partial charge in [-0.05, 0) is 37.8 Å². The number of nitrogens with one attached hydrogen (secondary N) is 1. The number of hydrogen-bond donors (Lipinski definition) is 1. The van der Waals surface area contributed by atoms with E-state index < -0.39 is 0 Å². The maximum atomic E-state index is 5.72. The SMILES string of the molecule is Cc1cncc(CNCC2(C)CCCO2)c1. The van der Waals surface area contributed by atoms with Crippen LogP contribution in [0.3, 0.4) is 0 Å². The van der Waals surface area contributed by atoms with E-state index in [1.807, 2.05) is 12.4 Å². The topological polar surface area (TPSA) is 34.2 Å². The van der Waals surface area contributed by atoms with E-state index in [1.54, 1.807) is 0 Å². The van der Waals surface area contributed by atoms with Gasteiger partial charge in [0.25, 0.3) is 0 Å². The predicted molar refractivity (Wildman–Crippen MR) is 64.3 cm³/mol. The van der Waals surface area contributed by atoms with Gasteiger partial charge in [0.15, 0.2) is 0 Å². The van der Waals surface area contributed by atoms with Crippen LogP contribution >= 0.6 is 0 Å². The Morgan fingerprint density at radius 3 is 3.06 bits per heavy atom. The summed E-state index contributed by atoms with van der Waals surface area (Å²) in [5, 5.41) is 3.45. The molecule has 0 saturated carbocycles. The first kappa shape index (κ1) is 11.6. The van der Waals surface area contributed by atoms with Gasteiger partial charge in [-0.3, -0.25) is 4.98 Å². The molecule has 0 spiro atoms. The second-order valence-electron chi connectivity index (χ2n) is 4.88. The zero-order valence-corrected chi connectivity index (χ0v) is 10.1. The minimum absolute atomic E-state index is 0.0389. The average Bonchev–Trinajstić information content (AvgIpc) is 2.65. The van der Waals surface area contributed by atoms with Crippen molar-refractivity contribution in [3.63, 3.8) is 0 Å². The summed E-state index contributed by atoms with van der Waals surface area (Å²) in [5.74, 6) is 0. The summed E-state index contributed by atoms with van der Waals surface area (Å²) >= 11 is 0. The molecule has 88 valence electrons. The van der Waals surface area contributed by atoms with Crippen molar-refractivity contribution in [3.8, 4) is 0 Å². The van der Waals surface area contributed by atoms with Crippen LogP contribution in [0.15, 0.2) is 18.5 Å². The lowest BCUT2D eigenvalue weighted by Gasteiger charge is -2.23. The largest absolute Gasteiger partial charge is 0.374 e. The highest BCUT2D eigenvalue weighted by atomic mass is 16.5. The molecular formula is C13H20N2O. The van der Waals surface area contributed by atoms with E-state index in [0.29, 0.717) is 0 Å². The molecule has 1 N–H and O–H groups in total. The van der Waals surface area contributed by atoms with Gasteiger partial charge in [-0.1, -0.05) is 6.07 Å². The summed E-state index contributed by atoms with van der Waals surface area (Å²) in [4.78, 5) is 4.18. The van der Waals surface area contributed by atoms with Gasteiger partial charge >= 0.3 is 0 Å². The molecule has 0 radical (unpaired) electrons. The Morgan fingerprint density at radius 1 is 1.50 bits per heavy atom. The van der Waals surface area contributed by atoms with E-state index in [1.165, 1.54) is 17.5 Å². The summed E-state index contributed by atoms with van der Waals surface area (Å²) in [6, 6.07) is 2.16. The molecule has 2 heterocycles. The molecule has 1 aromatic heterocycles. The lowest BCUT2D eigenvalue weighted by molar-refractivity contribution is 0.0207. The van der Waals surface area contributed by atoms with E-state index in [4.69, 9.17) is 4.74 Å². The van der Waals surface area contributed by atoms with E-state index >= 15 is 0 Å². The Kier molecular flexibility index (Phi) is 3.56. The molecule has 1 fully saturated rings. The third kappa shape index (κ3) is 3.03. The monoisotopic (exact) mass is 220 g/mol. The molecule has 1 unspecified atom stereocenters. The summed E-state index contributed by atoms with van der Waals surface area (Å²) in [7, 11) is 0. The maximum absolute atomic E-state index is 5.72. The van der Waals surface area contributed by atoms with Crippen LogP contribution in [0.5, 0.6) is 0 Å². The van der Waals surface area contributed by atoms with Gasteiger partial charge in [-0.25, -0.2) is 0 Å². The van der Waals surface area contributed by atoms with Crippen molar-refractivity contribution in [2.75, 3.05) is 13.2 Å². The number of aromatic nitrogens is 1. The van der Waals surface area contributed by atoms with E-state index in [9.17, 15) is 0 Å². The third-order valence-electron chi connectivity index (χ3n) is 3.06. The number of aryl methyl sites for hydroxylation is 1. The Balaban J connectivity index is 1.79. The fourth-order valence-corrected chi connectivity index (χ4v) is 2.16. The van der Waals surface area contributed by atoms with Crippen LogP contribution in [0.1, 0.15) is 30.9 Å². The molecule has 3 heteroatoms. The number of rotatable bonds is 4. The van der Waals surface area contributed by atoms with Crippen LogP contribution in [0, 0.1) is 6.92 Å². The zero-order valence-electron chi connectivity index (χ0n) is 10.1. The molecule has 0 aromatic carbocycles. The fraction of sp³-hybridized carbons (Fsp3) is 0.615. The summed E-state index contributed by atoms with van der Waals surface area (Å²) in [5.41, 5.74) is 2.49. The number of hydrogen-bond acceptors (Lipinski definition) is 3. The van der Waals surface area contributed by atoms with Gasteiger partial charge in [-0.15, -0.1) is 0 Å². The highest BCUT2D eigenvalue weighted by Crippen LogP contribution is 2.23. The second kappa shape index (κ2) is 4.93. The molecule has 1 atom stereocenters. The quantitative estimate of drug-likeness (QED) is 0.843. The van der Waals surface area contributed by atoms with E-state index in [0.717, 1.165) is 26.1 Å². The maximum Gasteiger partial charge on any atom is 0.0779 e. The Labute approximate surface area is 97.2 Å². The third-order valence-corrected chi connectivity index (χ3v) is 3.06. The minimum Gasteiger partial charge on any atom is -0.374 e. The molecule has 0 aliphatic carbocycles. The van der Waals surface area contributed by atoms with Gasteiger partial charge in [0.05, 0.1) is 5.60 Å². The molecular weight excluding hydrogens is 200 g/mol. The smallest absolute Gasteiger partial charge is 0.0779 e. The van der Waals surface area contributed by atoms with Crippen LogP contribution in [0.25, 0.3) is 0 Å². The van der Waals surface area contributed by atoms with E-state index in [2.05, 4.69) is 30.2 Å². The van der Waals surface area contributed by atoms with Crippen LogP contribution in [0.2, 0.25) is 0 Å². The van der Waals surface area contributed by atoms with Crippen molar-refractivity contribution in [3.05, 3.63) is 29.6 Å². The zero-order chi connectivity index (χ0) is 11.4. The Morgan fingerprint density at radius 2 is 2.38 bits per heavy atom. The summed E-state index contributed by atoms with van der Waals surface area (Å²) < 4.78 is 5.72. The van der Waals surface area contributed by atoms with E-state index in [-0.39, 0.29) is 5.60 Å². The summed E-state index contributed by atoms with van der Waals surface area (Å²) in [6.07, 6.45) is 6.14. The molecule has 2 rings (SSSR count). The van der Waals surface area contributed by atoms with Gasteiger partial charge in [0, 0.05) is 32.1 Å². The van der Waals surface area contributed by atoms with Crippen molar-refractivity contribution in [2.45, 2.75) is 38.8 Å². The molecule has 3 nitrogen and oxygen atoms in total. The highest BCUT2D eigenvalue weighted by molar-refractivity contribution is 5.16. The second-order valence-corrected chi connectivity index (χ2v) is 4.88. The number of pyridine rings is 1. The Hall–Kier alpha value is -0.930. The molecule has 1 aliphatic heterocycles. The first-order valence-electron chi connectivity index (χ1n) is 5.93. The summed E-state index contributed by atoms with van der Waals surface area (Å²) in [6.45, 7) is 6.94. The van der Waals surface area contributed by atoms with Crippen molar-refractivity contribution in [1.29, 1.82) is 0 Å². The van der Waals surface area contributed by atoms with Crippen molar-refractivity contribution in [2.24, 2.45) is 0 Å². The Bertz CT molecular complexity index is 346. The predicted octanol–water partition coefficient (Wildman–Crippen LogP) is 2.05. The minimum atomic E-state index is 0.0389. The molecule has 1 saturated heterocycles. The lowest BCUT2D eigenvalue weighted by atomic mass is 10.0. The molecule has 0 amide bonds.